The molecule has 2 aromatic carbocycles. The molecule has 0 bridgehead atoms. The van der Waals surface area contributed by atoms with Gasteiger partial charge in [0.1, 0.15) is 18.2 Å². The number of anilines is 1. The van der Waals surface area contributed by atoms with Gasteiger partial charge in [0.05, 0.1) is 18.5 Å². The quantitative estimate of drug-likeness (QED) is 0.525. The standard InChI is InChI=1S/C21H22FN3O2/c1-14-6-4-8-19(25(2)23)17(14)13-27-21-9-5-7-18(24-21)16-11-10-15(22)12-20(16)26-3/h4-12H,13,23H2,1-3H3. The molecule has 0 spiro atoms. The molecule has 27 heavy (non-hydrogen) atoms. The zero-order valence-electron chi connectivity index (χ0n) is 15.6. The van der Waals surface area contributed by atoms with Crippen LogP contribution in [0.2, 0.25) is 0 Å². The topological polar surface area (TPSA) is 60.6 Å². The fraction of sp³-hybridized carbons (Fsp3) is 0.190. The number of halogens is 1. The van der Waals surface area contributed by atoms with Gasteiger partial charge in [0, 0.05) is 30.3 Å². The van der Waals surface area contributed by atoms with Crippen molar-refractivity contribution >= 4 is 5.69 Å². The molecule has 0 saturated carbocycles. The molecular formula is C21H22FN3O2. The molecule has 1 aromatic heterocycles. The number of rotatable bonds is 6. The Kier molecular flexibility index (Phi) is 5.57. The Labute approximate surface area is 158 Å². The molecule has 0 amide bonds. The van der Waals surface area contributed by atoms with E-state index in [1.54, 1.807) is 24.2 Å². The van der Waals surface area contributed by atoms with Crippen LogP contribution in [0.4, 0.5) is 10.1 Å². The second kappa shape index (κ2) is 8.05. The first-order valence-corrected chi connectivity index (χ1v) is 8.50. The van der Waals surface area contributed by atoms with E-state index in [2.05, 4.69) is 4.98 Å². The van der Waals surface area contributed by atoms with E-state index >= 15 is 0 Å². The molecule has 0 fully saturated rings. The minimum atomic E-state index is -0.360. The first-order valence-electron chi connectivity index (χ1n) is 8.50. The van der Waals surface area contributed by atoms with Crippen LogP contribution in [0.5, 0.6) is 11.6 Å². The number of pyridine rings is 1. The summed E-state index contributed by atoms with van der Waals surface area (Å²) < 4.78 is 24.6. The number of aromatic nitrogens is 1. The van der Waals surface area contributed by atoms with E-state index in [0.29, 0.717) is 29.5 Å². The zero-order valence-corrected chi connectivity index (χ0v) is 15.6. The molecule has 0 aliphatic carbocycles. The maximum Gasteiger partial charge on any atom is 0.214 e. The molecule has 0 atom stereocenters. The molecule has 3 aromatic rings. The lowest BCUT2D eigenvalue weighted by Crippen LogP contribution is -2.26. The average molecular weight is 367 g/mol. The molecular weight excluding hydrogens is 345 g/mol. The average Bonchev–Trinajstić information content (AvgIpc) is 2.66. The summed E-state index contributed by atoms with van der Waals surface area (Å²) in [6.45, 7) is 2.35. The Bertz CT molecular complexity index is 944. The van der Waals surface area contributed by atoms with E-state index in [9.17, 15) is 4.39 Å². The van der Waals surface area contributed by atoms with Crippen LogP contribution in [0.25, 0.3) is 11.3 Å². The second-order valence-electron chi connectivity index (χ2n) is 6.18. The van der Waals surface area contributed by atoms with Crippen LogP contribution in [0, 0.1) is 12.7 Å². The molecule has 1 heterocycles. The van der Waals surface area contributed by atoms with Gasteiger partial charge in [-0.1, -0.05) is 18.2 Å². The third-order valence-electron chi connectivity index (χ3n) is 4.29. The Morgan fingerprint density at radius 3 is 2.63 bits per heavy atom. The van der Waals surface area contributed by atoms with Gasteiger partial charge >= 0.3 is 0 Å². The van der Waals surface area contributed by atoms with Crippen molar-refractivity contribution in [1.29, 1.82) is 0 Å². The van der Waals surface area contributed by atoms with Crippen molar-refractivity contribution in [2.45, 2.75) is 13.5 Å². The molecule has 0 radical (unpaired) electrons. The Hall–Kier alpha value is -3.12. The number of hydrogen-bond acceptors (Lipinski definition) is 5. The predicted molar refractivity (Wildman–Crippen MR) is 104 cm³/mol. The van der Waals surface area contributed by atoms with Gasteiger partial charge in [-0.2, -0.15) is 0 Å². The van der Waals surface area contributed by atoms with Gasteiger partial charge in [-0.15, -0.1) is 0 Å². The van der Waals surface area contributed by atoms with E-state index < -0.39 is 0 Å². The van der Waals surface area contributed by atoms with E-state index in [1.807, 2.05) is 37.3 Å². The van der Waals surface area contributed by atoms with Crippen LogP contribution in [0.1, 0.15) is 11.1 Å². The van der Waals surface area contributed by atoms with Crippen LogP contribution in [-0.2, 0) is 6.61 Å². The first-order chi connectivity index (χ1) is 13.0. The highest BCUT2D eigenvalue weighted by Crippen LogP contribution is 2.30. The molecule has 0 unspecified atom stereocenters. The summed E-state index contributed by atoms with van der Waals surface area (Å²) in [7, 11) is 3.29. The van der Waals surface area contributed by atoms with Crippen molar-refractivity contribution in [3.05, 3.63) is 71.5 Å². The van der Waals surface area contributed by atoms with Crippen molar-refractivity contribution in [2.75, 3.05) is 19.2 Å². The highest BCUT2D eigenvalue weighted by molar-refractivity contribution is 5.67. The zero-order chi connectivity index (χ0) is 19.4. The first kappa shape index (κ1) is 18.7. The van der Waals surface area contributed by atoms with Crippen LogP contribution in [0.15, 0.2) is 54.6 Å². The van der Waals surface area contributed by atoms with Gasteiger partial charge in [0.25, 0.3) is 0 Å². The number of methoxy groups -OCH3 is 1. The third-order valence-corrected chi connectivity index (χ3v) is 4.29. The minimum absolute atomic E-state index is 0.334. The van der Waals surface area contributed by atoms with Gasteiger partial charge in [-0.05, 0) is 36.8 Å². The summed E-state index contributed by atoms with van der Waals surface area (Å²) >= 11 is 0. The number of hydrogen-bond donors (Lipinski definition) is 1. The number of hydrazine groups is 1. The minimum Gasteiger partial charge on any atom is -0.496 e. The van der Waals surface area contributed by atoms with E-state index in [1.165, 1.54) is 19.2 Å². The van der Waals surface area contributed by atoms with Crippen molar-refractivity contribution in [3.8, 4) is 22.9 Å². The molecule has 6 heteroatoms. The Morgan fingerprint density at radius 2 is 1.89 bits per heavy atom. The molecule has 3 rings (SSSR count). The summed E-state index contributed by atoms with van der Waals surface area (Å²) in [5.74, 6) is 6.44. The molecule has 2 N–H and O–H groups in total. The maximum atomic E-state index is 13.4. The summed E-state index contributed by atoms with van der Waals surface area (Å²) in [5.41, 5.74) is 4.31. The molecule has 0 saturated heterocycles. The molecule has 140 valence electrons. The fourth-order valence-corrected chi connectivity index (χ4v) is 2.87. The van der Waals surface area contributed by atoms with Crippen molar-refractivity contribution in [2.24, 2.45) is 5.84 Å². The van der Waals surface area contributed by atoms with Gasteiger partial charge < -0.3 is 14.5 Å². The van der Waals surface area contributed by atoms with Gasteiger partial charge in [0.15, 0.2) is 0 Å². The van der Waals surface area contributed by atoms with E-state index in [4.69, 9.17) is 15.3 Å². The summed E-state index contributed by atoms with van der Waals surface area (Å²) in [5, 5.41) is 1.57. The highest BCUT2D eigenvalue weighted by atomic mass is 19.1. The van der Waals surface area contributed by atoms with Gasteiger partial charge in [-0.3, -0.25) is 0 Å². The second-order valence-corrected chi connectivity index (χ2v) is 6.18. The number of ether oxygens (including phenoxy) is 2. The third kappa shape index (κ3) is 4.17. The number of nitrogens with two attached hydrogens (primary N) is 1. The van der Waals surface area contributed by atoms with Gasteiger partial charge in [0.2, 0.25) is 5.88 Å². The smallest absolute Gasteiger partial charge is 0.214 e. The Morgan fingerprint density at radius 1 is 1.11 bits per heavy atom. The largest absolute Gasteiger partial charge is 0.496 e. The van der Waals surface area contributed by atoms with Crippen molar-refractivity contribution in [3.63, 3.8) is 0 Å². The van der Waals surface area contributed by atoms with Crippen LogP contribution in [-0.4, -0.2) is 19.1 Å². The lowest BCUT2D eigenvalue weighted by molar-refractivity contribution is 0.293. The normalized spacial score (nSPS) is 10.6. The Balaban J connectivity index is 1.86. The van der Waals surface area contributed by atoms with Crippen LogP contribution >= 0.6 is 0 Å². The monoisotopic (exact) mass is 367 g/mol. The van der Waals surface area contributed by atoms with Gasteiger partial charge in [-0.25, -0.2) is 15.2 Å². The lowest BCUT2D eigenvalue weighted by Gasteiger charge is -2.19. The number of benzene rings is 2. The predicted octanol–water partition coefficient (Wildman–Crippen LogP) is 4.09. The number of nitrogens with zero attached hydrogens (tertiary/aromatic N) is 2. The van der Waals surface area contributed by atoms with E-state index in [-0.39, 0.29) is 5.82 Å². The van der Waals surface area contributed by atoms with Crippen molar-refractivity contribution < 1.29 is 13.9 Å². The van der Waals surface area contributed by atoms with E-state index in [0.717, 1.165) is 16.8 Å². The molecule has 0 aliphatic rings. The lowest BCUT2D eigenvalue weighted by atomic mass is 10.1. The summed E-state index contributed by atoms with van der Waals surface area (Å²) in [6, 6.07) is 15.7. The fourth-order valence-electron chi connectivity index (χ4n) is 2.87. The van der Waals surface area contributed by atoms with Crippen LogP contribution < -0.4 is 20.3 Å². The van der Waals surface area contributed by atoms with Crippen LogP contribution in [0.3, 0.4) is 0 Å². The highest BCUT2D eigenvalue weighted by Gasteiger charge is 2.12. The van der Waals surface area contributed by atoms with Crippen molar-refractivity contribution in [1.82, 2.24) is 4.98 Å². The summed E-state index contributed by atoms with van der Waals surface area (Å²) in [6.07, 6.45) is 0. The maximum absolute atomic E-state index is 13.4. The number of aryl methyl sites for hydroxylation is 1. The SMILES string of the molecule is COc1cc(F)ccc1-c1cccc(OCc2c(C)cccc2N(C)N)n1. The molecule has 5 nitrogen and oxygen atoms in total. The molecule has 0 aliphatic heterocycles. The summed E-state index contributed by atoms with van der Waals surface area (Å²) in [4.78, 5) is 4.53.